The second-order valence-electron chi connectivity index (χ2n) is 5.06. The van der Waals surface area contributed by atoms with Crippen LogP contribution in [0.15, 0.2) is 72.1 Å². The van der Waals surface area contributed by atoms with Crippen LogP contribution in [0.3, 0.4) is 0 Å². The standard InChI is InChI=1S/C18H14N4S/c1-23-15-5-3-13(4-6-15)16-17(14-7-10-19-11-8-14)22-12-2-9-20-18(22)21-16/h2-12H,1H3. The highest BCUT2D eigenvalue weighted by molar-refractivity contribution is 7.98. The molecule has 0 spiro atoms. The van der Waals surface area contributed by atoms with Crippen LogP contribution < -0.4 is 0 Å². The van der Waals surface area contributed by atoms with Crippen LogP contribution in [-0.4, -0.2) is 25.6 Å². The molecule has 112 valence electrons. The lowest BCUT2D eigenvalue weighted by molar-refractivity contribution is 1.11. The molecular formula is C18H14N4S. The van der Waals surface area contributed by atoms with Gasteiger partial charge in [0.15, 0.2) is 0 Å². The Balaban J connectivity index is 1.98. The zero-order valence-corrected chi connectivity index (χ0v) is 13.4. The number of imidazole rings is 1. The van der Waals surface area contributed by atoms with Crippen LogP contribution in [0.5, 0.6) is 0 Å². The van der Waals surface area contributed by atoms with Crippen LogP contribution in [0.25, 0.3) is 28.3 Å². The number of benzene rings is 1. The molecular weight excluding hydrogens is 304 g/mol. The molecule has 0 aliphatic heterocycles. The smallest absolute Gasteiger partial charge is 0.234 e. The van der Waals surface area contributed by atoms with Crippen molar-refractivity contribution in [2.45, 2.75) is 4.90 Å². The minimum absolute atomic E-state index is 0.697. The third kappa shape index (κ3) is 2.49. The number of thioether (sulfide) groups is 1. The molecule has 4 rings (SSSR count). The predicted molar refractivity (Wildman–Crippen MR) is 93.4 cm³/mol. The molecule has 0 aliphatic carbocycles. The fraction of sp³-hybridized carbons (Fsp3) is 0.0556. The molecule has 0 amide bonds. The first-order chi connectivity index (χ1) is 11.4. The average molecular weight is 318 g/mol. The largest absolute Gasteiger partial charge is 0.283 e. The summed E-state index contributed by atoms with van der Waals surface area (Å²) in [5.74, 6) is 0.697. The summed E-state index contributed by atoms with van der Waals surface area (Å²) in [6.45, 7) is 0. The number of pyridine rings is 1. The topological polar surface area (TPSA) is 43.1 Å². The van der Waals surface area contributed by atoms with Gasteiger partial charge in [-0.3, -0.25) is 9.38 Å². The highest BCUT2D eigenvalue weighted by atomic mass is 32.2. The second-order valence-corrected chi connectivity index (χ2v) is 5.94. The van der Waals surface area contributed by atoms with E-state index in [2.05, 4.69) is 40.5 Å². The van der Waals surface area contributed by atoms with E-state index >= 15 is 0 Å². The van der Waals surface area contributed by atoms with Crippen molar-refractivity contribution in [2.24, 2.45) is 0 Å². The summed E-state index contributed by atoms with van der Waals surface area (Å²) < 4.78 is 2.02. The molecule has 0 saturated heterocycles. The van der Waals surface area contributed by atoms with E-state index in [1.165, 1.54) is 4.90 Å². The summed E-state index contributed by atoms with van der Waals surface area (Å²) in [4.78, 5) is 14.5. The Bertz CT molecular complexity index is 946. The molecule has 0 bridgehead atoms. The zero-order chi connectivity index (χ0) is 15.6. The molecule has 0 saturated carbocycles. The molecule has 0 radical (unpaired) electrons. The summed E-state index contributed by atoms with van der Waals surface area (Å²) in [6, 6.07) is 14.4. The Morgan fingerprint density at radius 2 is 1.70 bits per heavy atom. The van der Waals surface area contributed by atoms with Crippen LogP contribution in [0.2, 0.25) is 0 Å². The number of rotatable bonds is 3. The summed E-state index contributed by atoms with van der Waals surface area (Å²) >= 11 is 1.73. The maximum absolute atomic E-state index is 4.74. The number of nitrogens with zero attached hydrogens (tertiary/aromatic N) is 4. The molecule has 5 heteroatoms. The van der Waals surface area contributed by atoms with E-state index in [1.807, 2.05) is 28.8 Å². The minimum Gasteiger partial charge on any atom is -0.283 e. The van der Waals surface area contributed by atoms with Crippen molar-refractivity contribution in [2.75, 3.05) is 6.26 Å². The van der Waals surface area contributed by atoms with Gasteiger partial charge >= 0.3 is 0 Å². The fourth-order valence-corrected chi connectivity index (χ4v) is 3.03. The van der Waals surface area contributed by atoms with Gasteiger partial charge in [0.1, 0.15) is 0 Å². The zero-order valence-electron chi connectivity index (χ0n) is 12.5. The summed E-state index contributed by atoms with van der Waals surface area (Å²) in [6.07, 6.45) is 9.42. The van der Waals surface area contributed by atoms with Crippen LogP contribution in [0.1, 0.15) is 0 Å². The lowest BCUT2D eigenvalue weighted by Gasteiger charge is -2.05. The first-order valence-corrected chi connectivity index (χ1v) is 8.47. The van der Waals surface area contributed by atoms with Crippen molar-refractivity contribution in [3.63, 3.8) is 0 Å². The number of fused-ring (bicyclic) bond motifs is 1. The van der Waals surface area contributed by atoms with Gasteiger partial charge in [0, 0.05) is 40.8 Å². The minimum atomic E-state index is 0.697. The van der Waals surface area contributed by atoms with E-state index in [9.17, 15) is 0 Å². The Hall–Kier alpha value is -2.66. The van der Waals surface area contributed by atoms with Gasteiger partial charge in [0.05, 0.1) is 11.4 Å². The molecule has 1 aromatic carbocycles. The highest BCUT2D eigenvalue weighted by Gasteiger charge is 2.16. The predicted octanol–water partition coefficient (Wildman–Crippen LogP) is 4.18. The van der Waals surface area contributed by atoms with Gasteiger partial charge < -0.3 is 0 Å². The highest BCUT2D eigenvalue weighted by Crippen LogP contribution is 2.32. The Kier molecular flexibility index (Phi) is 3.55. The lowest BCUT2D eigenvalue weighted by atomic mass is 10.1. The molecule has 0 N–H and O–H groups in total. The van der Waals surface area contributed by atoms with Gasteiger partial charge in [0.25, 0.3) is 0 Å². The summed E-state index contributed by atoms with van der Waals surface area (Å²) in [5.41, 5.74) is 4.12. The van der Waals surface area contributed by atoms with Crippen LogP contribution in [-0.2, 0) is 0 Å². The normalized spacial score (nSPS) is 11.0. The van der Waals surface area contributed by atoms with Crippen molar-refractivity contribution in [3.05, 3.63) is 67.3 Å². The van der Waals surface area contributed by atoms with E-state index < -0.39 is 0 Å². The first-order valence-electron chi connectivity index (χ1n) is 7.25. The molecule has 0 fully saturated rings. The molecule has 4 nitrogen and oxygen atoms in total. The van der Waals surface area contributed by atoms with E-state index in [1.54, 1.807) is 30.4 Å². The Labute approximate surface area is 138 Å². The summed E-state index contributed by atoms with van der Waals surface area (Å²) in [5, 5.41) is 0. The molecule has 0 aliphatic rings. The molecule has 0 unspecified atom stereocenters. The van der Waals surface area contributed by atoms with Gasteiger partial charge in [-0.15, -0.1) is 11.8 Å². The number of hydrogen-bond acceptors (Lipinski definition) is 4. The lowest BCUT2D eigenvalue weighted by Crippen LogP contribution is -1.90. The third-order valence-corrected chi connectivity index (χ3v) is 4.46. The van der Waals surface area contributed by atoms with Crippen molar-refractivity contribution < 1.29 is 0 Å². The molecule has 3 heterocycles. The maximum atomic E-state index is 4.74. The monoisotopic (exact) mass is 318 g/mol. The van der Waals surface area contributed by atoms with Gasteiger partial charge in [-0.25, -0.2) is 9.97 Å². The van der Waals surface area contributed by atoms with Gasteiger partial charge in [-0.1, -0.05) is 12.1 Å². The maximum Gasteiger partial charge on any atom is 0.234 e. The van der Waals surface area contributed by atoms with Crippen molar-refractivity contribution in [1.82, 2.24) is 19.4 Å². The third-order valence-electron chi connectivity index (χ3n) is 3.72. The first kappa shape index (κ1) is 14.0. The SMILES string of the molecule is CSc1ccc(-c2nc3ncccn3c2-c2ccncc2)cc1. The fourth-order valence-electron chi connectivity index (χ4n) is 2.62. The van der Waals surface area contributed by atoms with Crippen molar-refractivity contribution in [1.29, 1.82) is 0 Å². The quantitative estimate of drug-likeness (QED) is 0.532. The van der Waals surface area contributed by atoms with E-state index in [4.69, 9.17) is 4.98 Å². The molecule has 23 heavy (non-hydrogen) atoms. The Morgan fingerprint density at radius 3 is 2.43 bits per heavy atom. The molecule has 0 atom stereocenters. The van der Waals surface area contributed by atoms with Gasteiger partial charge in [0.2, 0.25) is 5.78 Å². The molecule has 4 aromatic rings. The number of hydrogen-bond donors (Lipinski definition) is 0. The van der Waals surface area contributed by atoms with Crippen LogP contribution >= 0.6 is 11.8 Å². The van der Waals surface area contributed by atoms with Crippen molar-refractivity contribution in [3.8, 4) is 22.5 Å². The Morgan fingerprint density at radius 1 is 0.913 bits per heavy atom. The van der Waals surface area contributed by atoms with E-state index in [0.717, 1.165) is 22.5 Å². The van der Waals surface area contributed by atoms with Crippen LogP contribution in [0.4, 0.5) is 0 Å². The van der Waals surface area contributed by atoms with Gasteiger partial charge in [-0.05, 0) is 36.6 Å². The number of aromatic nitrogens is 4. The average Bonchev–Trinajstić information content (AvgIpc) is 3.02. The van der Waals surface area contributed by atoms with E-state index in [-0.39, 0.29) is 0 Å². The second kappa shape index (κ2) is 5.85. The van der Waals surface area contributed by atoms with Crippen LogP contribution in [0, 0.1) is 0 Å². The molecule has 3 aromatic heterocycles. The van der Waals surface area contributed by atoms with Crippen molar-refractivity contribution >= 4 is 17.5 Å². The van der Waals surface area contributed by atoms with E-state index in [0.29, 0.717) is 5.78 Å². The van der Waals surface area contributed by atoms with Gasteiger partial charge in [-0.2, -0.15) is 0 Å². The summed E-state index contributed by atoms with van der Waals surface area (Å²) in [7, 11) is 0.